The first-order valence-electron chi connectivity index (χ1n) is 18.2. The van der Waals surface area contributed by atoms with Crippen LogP contribution >= 0.6 is 0 Å². The fraction of sp³-hybridized carbons (Fsp3) is 0.160. The summed E-state index contributed by atoms with van der Waals surface area (Å²) in [6.45, 7) is 17.4. The van der Waals surface area contributed by atoms with E-state index in [0.717, 1.165) is 16.9 Å². The largest absolute Gasteiger partial charge is 0.310 e. The lowest BCUT2D eigenvalue weighted by atomic mass is 10.0. The molecule has 0 spiro atoms. The highest BCUT2D eigenvalue weighted by molar-refractivity contribution is 5.91. The molecule has 0 radical (unpaired) electrons. The lowest BCUT2D eigenvalue weighted by Crippen LogP contribution is -2.11. The molecule has 0 unspecified atom stereocenters. The lowest BCUT2D eigenvalue weighted by molar-refractivity contribution is 1.23. The topological polar surface area (TPSA) is 6.48 Å². The number of rotatable bonds is 8. The van der Waals surface area contributed by atoms with E-state index in [1.807, 2.05) is 0 Å². The Kier molecular flexibility index (Phi) is 9.58. The van der Waals surface area contributed by atoms with Crippen molar-refractivity contribution in [3.05, 3.63) is 189 Å². The Balaban J connectivity index is 1.18. The van der Waals surface area contributed by atoms with E-state index in [2.05, 4.69) is 211 Å². The van der Waals surface area contributed by atoms with E-state index in [1.54, 1.807) is 0 Å². The van der Waals surface area contributed by atoms with Crippen LogP contribution in [0.5, 0.6) is 0 Å². The molecule has 0 aliphatic heterocycles. The molecule has 7 aromatic carbocycles. The molecule has 52 heavy (non-hydrogen) atoms. The Morgan fingerprint density at radius 2 is 0.577 bits per heavy atom. The van der Waals surface area contributed by atoms with E-state index < -0.39 is 0 Å². The predicted octanol–water partition coefficient (Wildman–Crippen LogP) is 14.4. The van der Waals surface area contributed by atoms with Gasteiger partial charge in [-0.25, -0.2) is 0 Å². The van der Waals surface area contributed by atoms with Gasteiger partial charge in [-0.3, -0.25) is 0 Å². The Morgan fingerprint density at radius 1 is 0.269 bits per heavy atom. The van der Waals surface area contributed by atoms with Crippen LogP contribution in [-0.4, -0.2) is 0 Å². The third-order valence-electron chi connectivity index (χ3n) is 9.58. The smallest absolute Gasteiger partial charge is 0.0468 e. The minimum atomic E-state index is 1.14. The Morgan fingerprint density at radius 3 is 1.00 bits per heavy atom. The van der Waals surface area contributed by atoms with Crippen molar-refractivity contribution < 1.29 is 0 Å². The predicted molar refractivity (Wildman–Crippen MR) is 227 cm³/mol. The third-order valence-corrected chi connectivity index (χ3v) is 9.58. The van der Waals surface area contributed by atoms with Gasteiger partial charge in [-0.05, 0) is 201 Å². The summed E-state index contributed by atoms with van der Waals surface area (Å²) >= 11 is 0. The highest BCUT2D eigenvalue weighted by Crippen LogP contribution is 2.39. The number of nitrogens with zero attached hydrogens (tertiary/aromatic N) is 2. The molecule has 0 saturated carbocycles. The average molecular weight is 677 g/mol. The maximum absolute atomic E-state index is 2.39. The Labute approximate surface area is 310 Å². The van der Waals surface area contributed by atoms with Crippen molar-refractivity contribution in [1.82, 2.24) is 0 Å². The van der Waals surface area contributed by atoms with Crippen molar-refractivity contribution in [1.29, 1.82) is 0 Å². The van der Waals surface area contributed by atoms with Crippen molar-refractivity contribution in [3.8, 4) is 0 Å². The highest BCUT2D eigenvalue weighted by atomic mass is 15.1. The fourth-order valence-corrected chi connectivity index (χ4v) is 7.63. The number of aryl methyl sites for hydroxylation is 8. The van der Waals surface area contributed by atoms with Crippen LogP contribution in [0.25, 0.3) is 22.9 Å². The molecule has 0 amide bonds. The summed E-state index contributed by atoms with van der Waals surface area (Å²) in [5.41, 5.74) is 19.4. The summed E-state index contributed by atoms with van der Waals surface area (Å²) in [5.74, 6) is 0. The van der Waals surface area contributed by atoms with Crippen molar-refractivity contribution in [2.75, 3.05) is 9.80 Å². The van der Waals surface area contributed by atoms with E-state index in [0.29, 0.717) is 0 Å². The van der Waals surface area contributed by atoms with Crippen molar-refractivity contribution >= 4 is 57.0 Å². The molecular formula is C50H48N2. The van der Waals surface area contributed by atoms with Gasteiger partial charge in [-0.15, -0.1) is 0 Å². The minimum Gasteiger partial charge on any atom is -0.310 e. The quantitative estimate of drug-likeness (QED) is 0.148. The lowest BCUT2D eigenvalue weighted by Gasteiger charge is -2.27. The number of hydrogen-bond acceptors (Lipinski definition) is 2. The van der Waals surface area contributed by atoms with Crippen LogP contribution in [0, 0.1) is 55.4 Å². The summed E-state index contributed by atoms with van der Waals surface area (Å²) in [7, 11) is 0. The van der Waals surface area contributed by atoms with Gasteiger partial charge >= 0.3 is 0 Å². The molecule has 0 bridgehead atoms. The van der Waals surface area contributed by atoms with Gasteiger partial charge in [0, 0.05) is 34.1 Å². The SMILES string of the molecule is Cc1cc(C)cc(N(c2ccc(/C=C/c3ccc4cc(N(c5cc(C)cc(C)c5)c5cc(C)cc(C)c5)ccc4c3)cc2)c2cc(C)cc(C)c2)c1. The van der Waals surface area contributed by atoms with Gasteiger partial charge in [-0.1, -0.05) is 66.7 Å². The highest BCUT2D eigenvalue weighted by Gasteiger charge is 2.16. The number of benzene rings is 7. The first-order valence-corrected chi connectivity index (χ1v) is 18.2. The van der Waals surface area contributed by atoms with Gasteiger partial charge in [0.2, 0.25) is 0 Å². The molecule has 0 aromatic heterocycles. The second-order valence-electron chi connectivity index (χ2n) is 14.8. The van der Waals surface area contributed by atoms with Gasteiger partial charge in [-0.2, -0.15) is 0 Å². The van der Waals surface area contributed by atoms with Gasteiger partial charge in [0.25, 0.3) is 0 Å². The molecule has 2 heteroatoms. The second kappa shape index (κ2) is 14.4. The monoisotopic (exact) mass is 676 g/mol. The maximum Gasteiger partial charge on any atom is 0.0468 e. The molecule has 7 rings (SSSR count). The van der Waals surface area contributed by atoms with E-state index >= 15 is 0 Å². The summed E-state index contributed by atoms with van der Waals surface area (Å²) in [6, 6.07) is 49.6. The summed E-state index contributed by atoms with van der Waals surface area (Å²) in [4.78, 5) is 4.75. The van der Waals surface area contributed by atoms with Crippen molar-refractivity contribution in [2.24, 2.45) is 0 Å². The van der Waals surface area contributed by atoms with Crippen LogP contribution < -0.4 is 9.80 Å². The molecule has 258 valence electrons. The Hall–Kier alpha value is -5.86. The Bertz CT molecular complexity index is 2260. The molecule has 0 N–H and O–H groups in total. The van der Waals surface area contributed by atoms with Gasteiger partial charge in [0.15, 0.2) is 0 Å². The zero-order valence-electron chi connectivity index (χ0n) is 31.8. The van der Waals surface area contributed by atoms with E-state index in [-0.39, 0.29) is 0 Å². The summed E-state index contributed by atoms with van der Waals surface area (Å²) in [6.07, 6.45) is 4.42. The molecule has 0 heterocycles. The van der Waals surface area contributed by atoms with Crippen LogP contribution in [0.2, 0.25) is 0 Å². The molecule has 0 aliphatic rings. The van der Waals surface area contributed by atoms with Gasteiger partial charge in [0.05, 0.1) is 0 Å². The average Bonchev–Trinajstić information content (AvgIpc) is 3.06. The fourth-order valence-electron chi connectivity index (χ4n) is 7.63. The molecule has 0 aliphatic carbocycles. The van der Waals surface area contributed by atoms with Gasteiger partial charge < -0.3 is 9.80 Å². The third kappa shape index (κ3) is 7.72. The molecular weight excluding hydrogens is 629 g/mol. The summed E-state index contributed by atoms with van der Waals surface area (Å²) in [5, 5.41) is 2.44. The van der Waals surface area contributed by atoms with Crippen molar-refractivity contribution in [3.63, 3.8) is 0 Å². The van der Waals surface area contributed by atoms with Crippen LogP contribution in [0.1, 0.15) is 55.6 Å². The molecule has 0 fully saturated rings. The van der Waals surface area contributed by atoms with Crippen LogP contribution in [0.15, 0.2) is 133 Å². The normalized spacial score (nSPS) is 11.4. The van der Waals surface area contributed by atoms with E-state index in [4.69, 9.17) is 0 Å². The minimum absolute atomic E-state index is 1.14. The first-order chi connectivity index (χ1) is 25.0. The maximum atomic E-state index is 2.39. The molecule has 7 aromatic rings. The van der Waals surface area contributed by atoms with Crippen LogP contribution in [0.4, 0.5) is 34.1 Å². The zero-order chi connectivity index (χ0) is 36.5. The molecule has 0 atom stereocenters. The standard InChI is InChI=1S/C50H48N2/c1-33-19-34(2)24-47(23-33)51(48-25-35(3)20-36(4)26-48)45-16-12-41(13-17-45)9-10-42-11-14-44-32-46(18-15-43(44)31-42)52(49-27-37(5)21-38(6)28-49)50-29-39(7)22-40(8)30-50/h9-32H,1-8H3/b10-9+. The summed E-state index contributed by atoms with van der Waals surface area (Å²) < 4.78 is 0. The van der Waals surface area contributed by atoms with Crippen LogP contribution in [0.3, 0.4) is 0 Å². The van der Waals surface area contributed by atoms with E-state index in [1.165, 1.54) is 83.6 Å². The molecule has 0 saturated heterocycles. The van der Waals surface area contributed by atoms with E-state index in [9.17, 15) is 0 Å². The number of fused-ring (bicyclic) bond motifs is 1. The zero-order valence-corrected chi connectivity index (χ0v) is 31.8. The second-order valence-corrected chi connectivity index (χ2v) is 14.8. The number of anilines is 6. The first kappa shape index (κ1) is 34.6. The van der Waals surface area contributed by atoms with Gasteiger partial charge in [0.1, 0.15) is 0 Å². The molecule has 2 nitrogen and oxygen atoms in total. The van der Waals surface area contributed by atoms with Crippen LogP contribution in [-0.2, 0) is 0 Å². The van der Waals surface area contributed by atoms with Crippen molar-refractivity contribution in [2.45, 2.75) is 55.4 Å². The number of hydrogen-bond donors (Lipinski definition) is 0.